The second-order valence-electron chi connectivity index (χ2n) is 3.07. The van der Waals surface area contributed by atoms with Gasteiger partial charge >= 0.3 is 0 Å². The van der Waals surface area contributed by atoms with Crippen LogP contribution in [0.3, 0.4) is 0 Å². The van der Waals surface area contributed by atoms with Crippen molar-refractivity contribution in [3.63, 3.8) is 0 Å². The Morgan fingerprint density at radius 2 is 2.31 bits per heavy atom. The van der Waals surface area contributed by atoms with Crippen LogP contribution in [0.4, 0.5) is 5.69 Å². The molecule has 1 rings (SSSR count). The van der Waals surface area contributed by atoms with Gasteiger partial charge in [-0.2, -0.15) is 5.26 Å². The molecule has 16 heavy (non-hydrogen) atoms. The molecule has 0 atom stereocenters. The Morgan fingerprint density at radius 3 is 3.06 bits per heavy atom. The molecule has 0 amide bonds. The van der Waals surface area contributed by atoms with Gasteiger partial charge in [0, 0.05) is 19.9 Å². The van der Waals surface area contributed by atoms with E-state index in [1.165, 1.54) is 0 Å². The molecule has 0 spiro atoms. The molecule has 0 fully saturated rings. The first kappa shape index (κ1) is 12.4. The van der Waals surface area contributed by atoms with Gasteiger partial charge in [0.2, 0.25) is 0 Å². The van der Waals surface area contributed by atoms with E-state index in [1.807, 2.05) is 0 Å². The number of hydrogen-bond acceptors (Lipinski definition) is 5. The highest BCUT2D eigenvalue weighted by atomic mass is 16.5. The van der Waals surface area contributed by atoms with Gasteiger partial charge in [0.1, 0.15) is 6.07 Å². The molecular formula is C11H15N3O2. The van der Waals surface area contributed by atoms with Crippen LogP contribution in [-0.4, -0.2) is 38.5 Å². The van der Waals surface area contributed by atoms with Crippen molar-refractivity contribution in [2.45, 2.75) is 0 Å². The predicted octanol–water partition coefficient (Wildman–Crippen LogP) is 1.03. The quantitative estimate of drug-likeness (QED) is 0.696. The van der Waals surface area contributed by atoms with Crippen LogP contribution < -0.4 is 5.32 Å². The monoisotopic (exact) mass is 221 g/mol. The highest BCUT2D eigenvalue weighted by Gasteiger charge is 1.99. The zero-order valence-electron chi connectivity index (χ0n) is 9.27. The summed E-state index contributed by atoms with van der Waals surface area (Å²) in [6, 6.07) is 3.77. The topological polar surface area (TPSA) is 67.2 Å². The van der Waals surface area contributed by atoms with Gasteiger partial charge in [0.25, 0.3) is 0 Å². The summed E-state index contributed by atoms with van der Waals surface area (Å²) >= 11 is 0. The minimum atomic E-state index is 0.573. The summed E-state index contributed by atoms with van der Waals surface area (Å²) in [4.78, 5) is 3.95. The molecule has 86 valence electrons. The first-order chi connectivity index (χ1) is 7.88. The van der Waals surface area contributed by atoms with Crippen LogP contribution in [0.15, 0.2) is 18.5 Å². The van der Waals surface area contributed by atoms with Gasteiger partial charge < -0.3 is 14.8 Å². The Balaban J connectivity index is 2.24. The minimum absolute atomic E-state index is 0.573. The summed E-state index contributed by atoms with van der Waals surface area (Å²) in [6.45, 7) is 2.39. The van der Waals surface area contributed by atoms with E-state index < -0.39 is 0 Å². The average molecular weight is 221 g/mol. The Bertz CT molecular complexity index is 349. The van der Waals surface area contributed by atoms with Crippen molar-refractivity contribution in [1.29, 1.82) is 5.26 Å². The van der Waals surface area contributed by atoms with Gasteiger partial charge in [-0.05, 0) is 6.07 Å². The summed E-state index contributed by atoms with van der Waals surface area (Å²) in [5.74, 6) is 0. The molecule has 5 nitrogen and oxygen atoms in total. The largest absolute Gasteiger partial charge is 0.382 e. The lowest BCUT2D eigenvalue weighted by molar-refractivity contribution is 0.0759. The Hall–Kier alpha value is -1.64. The van der Waals surface area contributed by atoms with Crippen LogP contribution >= 0.6 is 0 Å². The lowest BCUT2D eigenvalue weighted by Gasteiger charge is -2.07. The molecular weight excluding hydrogens is 206 g/mol. The highest BCUT2D eigenvalue weighted by molar-refractivity contribution is 5.55. The van der Waals surface area contributed by atoms with E-state index in [2.05, 4.69) is 16.4 Å². The van der Waals surface area contributed by atoms with E-state index in [4.69, 9.17) is 14.7 Å². The Labute approximate surface area is 95.0 Å². The van der Waals surface area contributed by atoms with Crippen LogP contribution in [-0.2, 0) is 9.47 Å². The number of pyridine rings is 1. The lowest BCUT2D eigenvalue weighted by atomic mass is 10.2. The fraction of sp³-hybridized carbons (Fsp3) is 0.455. The number of aromatic nitrogens is 1. The van der Waals surface area contributed by atoms with Gasteiger partial charge in [-0.25, -0.2) is 0 Å². The van der Waals surface area contributed by atoms with E-state index in [-0.39, 0.29) is 0 Å². The second kappa shape index (κ2) is 7.63. The first-order valence-corrected chi connectivity index (χ1v) is 5.03. The van der Waals surface area contributed by atoms with E-state index in [0.29, 0.717) is 31.9 Å². The smallest absolute Gasteiger partial charge is 0.101 e. The number of nitrogens with zero attached hydrogens (tertiary/aromatic N) is 2. The van der Waals surface area contributed by atoms with Crippen LogP contribution in [0.1, 0.15) is 5.56 Å². The molecule has 1 aromatic rings. The second-order valence-corrected chi connectivity index (χ2v) is 3.07. The third kappa shape index (κ3) is 4.26. The summed E-state index contributed by atoms with van der Waals surface area (Å²) in [5.41, 5.74) is 1.33. The number of anilines is 1. The average Bonchev–Trinajstić information content (AvgIpc) is 2.34. The van der Waals surface area contributed by atoms with Crippen molar-refractivity contribution < 1.29 is 9.47 Å². The van der Waals surface area contributed by atoms with Crippen molar-refractivity contribution in [2.24, 2.45) is 0 Å². The molecule has 0 unspecified atom stereocenters. The number of methoxy groups -OCH3 is 1. The summed E-state index contributed by atoms with van der Waals surface area (Å²) in [6.07, 6.45) is 3.23. The fourth-order valence-corrected chi connectivity index (χ4v) is 1.14. The third-order valence-corrected chi connectivity index (χ3v) is 1.94. The van der Waals surface area contributed by atoms with Crippen LogP contribution in [0.25, 0.3) is 0 Å². The van der Waals surface area contributed by atoms with Crippen molar-refractivity contribution in [1.82, 2.24) is 4.98 Å². The molecule has 0 aliphatic heterocycles. The predicted molar refractivity (Wildman–Crippen MR) is 60.1 cm³/mol. The van der Waals surface area contributed by atoms with Crippen LogP contribution in [0, 0.1) is 11.3 Å². The molecule has 0 saturated carbocycles. The standard InChI is InChI=1S/C11H15N3O2/c1-15-6-7-16-5-4-14-11-9-13-3-2-10(11)8-12/h2-3,9,14H,4-7H2,1H3. The molecule has 1 heterocycles. The number of rotatable bonds is 7. The van der Waals surface area contributed by atoms with Gasteiger partial charge in [-0.15, -0.1) is 0 Å². The number of ether oxygens (including phenoxy) is 2. The van der Waals surface area contributed by atoms with Crippen molar-refractivity contribution >= 4 is 5.69 Å². The molecule has 1 aromatic heterocycles. The number of nitrogens with one attached hydrogen (secondary N) is 1. The third-order valence-electron chi connectivity index (χ3n) is 1.94. The molecule has 5 heteroatoms. The normalized spacial score (nSPS) is 9.75. The molecule has 1 N–H and O–H groups in total. The Kier molecular flexibility index (Phi) is 5.92. The molecule has 0 aliphatic carbocycles. The van der Waals surface area contributed by atoms with Crippen LogP contribution in [0.2, 0.25) is 0 Å². The summed E-state index contributed by atoms with van der Waals surface area (Å²) in [7, 11) is 1.64. The zero-order chi connectivity index (χ0) is 11.6. The fourth-order valence-electron chi connectivity index (χ4n) is 1.14. The number of nitriles is 1. The summed E-state index contributed by atoms with van der Waals surface area (Å²) < 4.78 is 10.1. The molecule has 0 aromatic carbocycles. The van der Waals surface area contributed by atoms with Gasteiger partial charge in [0.15, 0.2) is 0 Å². The van der Waals surface area contributed by atoms with Crippen molar-refractivity contribution in [3.8, 4) is 6.07 Å². The lowest BCUT2D eigenvalue weighted by Crippen LogP contribution is -2.12. The minimum Gasteiger partial charge on any atom is -0.382 e. The number of hydrogen-bond donors (Lipinski definition) is 1. The first-order valence-electron chi connectivity index (χ1n) is 5.03. The van der Waals surface area contributed by atoms with E-state index in [0.717, 1.165) is 5.69 Å². The van der Waals surface area contributed by atoms with E-state index >= 15 is 0 Å². The molecule has 0 aliphatic rings. The van der Waals surface area contributed by atoms with E-state index in [9.17, 15) is 0 Å². The Morgan fingerprint density at radius 1 is 1.44 bits per heavy atom. The molecule has 0 saturated heterocycles. The zero-order valence-corrected chi connectivity index (χ0v) is 9.27. The summed E-state index contributed by atoms with van der Waals surface area (Å²) in [5, 5.41) is 11.9. The maximum absolute atomic E-state index is 8.83. The highest BCUT2D eigenvalue weighted by Crippen LogP contribution is 2.10. The van der Waals surface area contributed by atoms with Gasteiger partial charge in [-0.1, -0.05) is 0 Å². The molecule has 0 radical (unpaired) electrons. The van der Waals surface area contributed by atoms with Gasteiger partial charge in [-0.3, -0.25) is 4.98 Å². The van der Waals surface area contributed by atoms with E-state index in [1.54, 1.807) is 25.6 Å². The SMILES string of the molecule is COCCOCCNc1cnccc1C#N. The molecule has 0 bridgehead atoms. The van der Waals surface area contributed by atoms with Crippen molar-refractivity contribution in [3.05, 3.63) is 24.0 Å². The van der Waals surface area contributed by atoms with Crippen LogP contribution in [0.5, 0.6) is 0 Å². The van der Waals surface area contributed by atoms with Crippen molar-refractivity contribution in [2.75, 3.05) is 38.8 Å². The van der Waals surface area contributed by atoms with Gasteiger partial charge in [0.05, 0.1) is 37.3 Å². The maximum Gasteiger partial charge on any atom is 0.101 e. The maximum atomic E-state index is 8.83.